The smallest absolute Gasteiger partial charge is 0.252 e. The molecule has 1 unspecified atom stereocenters. The lowest BCUT2D eigenvalue weighted by molar-refractivity contribution is -0.137. The van der Waals surface area contributed by atoms with Gasteiger partial charge in [-0.25, -0.2) is 0 Å². The molecule has 0 radical (unpaired) electrons. The van der Waals surface area contributed by atoms with Crippen molar-refractivity contribution in [2.45, 2.75) is 43.1 Å². The molecule has 0 spiro atoms. The van der Waals surface area contributed by atoms with Crippen LogP contribution in [0.4, 0.5) is 0 Å². The molecule has 1 aliphatic heterocycles. The van der Waals surface area contributed by atoms with Crippen molar-refractivity contribution in [1.82, 2.24) is 5.32 Å². The fourth-order valence-corrected chi connectivity index (χ4v) is 4.80. The molecule has 114 valence electrons. The van der Waals surface area contributed by atoms with Crippen molar-refractivity contribution < 1.29 is 9.90 Å². The summed E-state index contributed by atoms with van der Waals surface area (Å²) in [6, 6.07) is 10.5. The Morgan fingerprint density at radius 3 is 2.52 bits per heavy atom. The van der Waals surface area contributed by atoms with Gasteiger partial charge in [0.25, 0.3) is 5.91 Å². The maximum atomic E-state index is 12.3. The average molecular weight is 305 g/mol. The van der Waals surface area contributed by atoms with Crippen molar-refractivity contribution in [3.8, 4) is 0 Å². The molecule has 2 fully saturated rings. The van der Waals surface area contributed by atoms with Gasteiger partial charge in [-0.1, -0.05) is 43.2 Å². The Morgan fingerprint density at radius 1 is 1.19 bits per heavy atom. The number of amides is 1. The van der Waals surface area contributed by atoms with Crippen LogP contribution in [-0.2, 0) is 10.2 Å². The zero-order chi connectivity index (χ0) is 14.8. The van der Waals surface area contributed by atoms with Gasteiger partial charge in [0.15, 0.2) is 5.60 Å². The predicted octanol–water partition coefficient (Wildman–Crippen LogP) is 2.48. The number of hydrogen-bond acceptors (Lipinski definition) is 3. The van der Waals surface area contributed by atoms with Crippen LogP contribution >= 0.6 is 11.8 Å². The molecule has 1 saturated carbocycles. The summed E-state index contributed by atoms with van der Waals surface area (Å²) < 4.78 is 0. The molecule has 0 aromatic heterocycles. The topological polar surface area (TPSA) is 49.3 Å². The molecule has 21 heavy (non-hydrogen) atoms. The molecule has 3 nitrogen and oxygen atoms in total. The first-order valence-corrected chi connectivity index (χ1v) is 8.94. The van der Waals surface area contributed by atoms with Crippen molar-refractivity contribution in [2.24, 2.45) is 0 Å². The second kappa shape index (κ2) is 6.01. The van der Waals surface area contributed by atoms with Gasteiger partial charge in [0.1, 0.15) is 0 Å². The third-order valence-electron chi connectivity index (χ3n) is 4.96. The van der Waals surface area contributed by atoms with Crippen molar-refractivity contribution in [3.63, 3.8) is 0 Å². The van der Waals surface area contributed by atoms with E-state index in [1.165, 1.54) is 18.4 Å². The maximum Gasteiger partial charge on any atom is 0.252 e. The summed E-state index contributed by atoms with van der Waals surface area (Å²) in [5.74, 6) is 1.21. The largest absolute Gasteiger partial charge is 0.379 e. The molecule has 0 bridgehead atoms. The molecular formula is C17H23NO2S. The summed E-state index contributed by atoms with van der Waals surface area (Å²) in [6.45, 7) is 0.642. The quantitative estimate of drug-likeness (QED) is 0.898. The first-order chi connectivity index (χ1) is 10.1. The lowest BCUT2D eigenvalue weighted by atomic mass is 9.78. The van der Waals surface area contributed by atoms with Crippen LogP contribution in [0, 0.1) is 0 Å². The Kier molecular flexibility index (Phi) is 4.27. The van der Waals surface area contributed by atoms with Crippen LogP contribution in [-0.4, -0.2) is 34.7 Å². The van der Waals surface area contributed by atoms with E-state index in [0.29, 0.717) is 18.7 Å². The normalized spacial score (nSPS) is 27.7. The zero-order valence-electron chi connectivity index (χ0n) is 12.3. The Balaban J connectivity index is 1.70. The number of benzene rings is 1. The van der Waals surface area contributed by atoms with Gasteiger partial charge in [-0.15, -0.1) is 0 Å². The highest BCUT2D eigenvalue weighted by Crippen LogP contribution is 2.40. The minimum absolute atomic E-state index is 0.0546. The zero-order valence-corrected chi connectivity index (χ0v) is 13.1. The Hall–Kier alpha value is -1.00. The summed E-state index contributed by atoms with van der Waals surface area (Å²) in [5, 5.41) is 13.4. The highest BCUT2D eigenvalue weighted by atomic mass is 32.2. The van der Waals surface area contributed by atoms with E-state index in [-0.39, 0.29) is 11.3 Å². The number of hydrogen-bond donors (Lipinski definition) is 2. The number of carbonyl (C=O) groups is 1. The Morgan fingerprint density at radius 2 is 1.90 bits per heavy atom. The van der Waals surface area contributed by atoms with Crippen molar-refractivity contribution in [3.05, 3.63) is 35.9 Å². The maximum absolute atomic E-state index is 12.3. The van der Waals surface area contributed by atoms with Gasteiger partial charge in [-0.05, 0) is 30.6 Å². The first kappa shape index (κ1) is 14.9. The Labute approximate surface area is 130 Å². The SMILES string of the molecule is O=C(NCC1(c2ccccc2)CCCC1)C1(O)CCSC1. The van der Waals surface area contributed by atoms with Crippen LogP contribution in [0.25, 0.3) is 0 Å². The van der Waals surface area contributed by atoms with Gasteiger partial charge in [0.2, 0.25) is 0 Å². The summed E-state index contributed by atoms with van der Waals surface area (Å²) in [4.78, 5) is 12.3. The highest BCUT2D eigenvalue weighted by molar-refractivity contribution is 7.99. The third-order valence-corrected chi connectivity index (χ3v) is 6.13. The summed E-state index contributed by atoms with van der Waals surface area (Å²) in [7, 11) is 0. The van der Waals surface area contributed by atoms with Crippen LogP contribution in [0.5, 0.6) is 0 Å². The second-order valence-electron chi connectivity index (χ2n) is 6.37. The molecule has 2 aliphatic rings. The molecule has 1 saturated heterocycles. The minimum Gasteiger partial charge on any atom is -0.379 e. The van der Waals surface area contributed by atoms with E-state index < -0.39 is 5.60 Å². The lowest BCUT2D eigenvalue weighted by Crippen LogP contribution is -2.50. The van der Waals surface area contributed by atoms with Crippen molar-refractivity contribution in [2.75, 3.05) is 18.1 Å². The van der Waals surface area contributed by atoms with E-state index in [9.17, 15) is 9.90 Å². The highest BCUT2D eigenvalue weighted by Gasteiger charge is 2.42. The van der Waals surface area contributed by atoms with E-state index in [0.717, 1.165) is 18.6 Å². The fourth-order valence-electron chi connectivity index (χ4n) is 3.56. The fraction of sp³-hybridized carbons (Fsp3) is 0.588. The van der Waals surface area contributed by atoms with Crippen LogP contribution in [0.3, 0.4) is 0 Å². The van der Waals surface area contributed by atoms with Crippen LogP contribution in [0.15, 0.2) is 30.3 Å². The van der Waals surface area contributed by atoms with Crippen molar-refractivity contribution in [1.29, 1.82) is 0 Å². The van der Waals surface area contributed by atoms with E-state index in [1.54, 1.807) is 11.8 Å². The number of thioether (sulfide) groups is 1. The van der Waals surface area contributed by atoms with Crippen LogP contribution in [0.1, 0.15) is 37.7 Å². The third kappa shape index (κ3) is 2.97. The van der Waals surface area contributed by atoms with E-state index in [1.807, 2.05) is 6.07 Å². The molecule has 1 heterocycles. The summed E-state index contributed by atoms with van der Waals surface area (Å²) in [6.07, 6.45) is 5.23. The van der Waals surface area contributed by atoms with E-state index >= 15 is 0 Å². The molecule has 1 aliphatic carbocycles. The average Bonchev–Trinajstić information content (AvgIpc) is 3.16. The van der Waals surface area contributed by atoms with Gasteiger partial charge >= 0.3 is 0 Å². The lowest BCUT2D eigenvalue weighted by Gasteiger charge is -2.31. The molecule has 4 heteroatoms. The van der Waals surface area contributed by atoms with Gasteiger partial charge in [-0.2, -0.15) is 11.8 Å². The molecule has 2 N–H and O–H groups in total. The number of nitrogens with one attached hydrogen (secondary N) is 1. The number of rotatable bonds is 4. The van der Waals surface area contributed by atoms with Gasteiger partial charge in [0.05, 0.1) is 0 Å². The van der Waals surface area contributed by atoms with Crippen molar-refractivity contribution >= 4 is 17.7 Å². The minimum atomic E-state index is -1.15. The van der Waals surface area contributed by atoms with E-state index in [2.05, 4.69) is 29.6 Å². The second-order valence-corrected chi connectivity index (χ2v) is 7.48. The monoisotopic (exact) mass is 305 g/mol. The molecular weight excluding hydrogens is 282 g/mol. The number of aliphatic hydroxyl groups is 1. The molecule has 1 atom stereocenters. The standard InChI is InChI=1S/C17H23NO2S/c19-15(17(20)10-11-21-13-17)18-12-16(8-4-5-9-16)14-6-2-1-3-7-14/h1-3,6-7,20H,4-5,8-13H2,(H,18,19). The van der Waals surface area contributed by atoms with Crippen LogP contribution < -0.4 is 5.32 Å². The summed E-state index contributed by atoms with van der Waals surface area (Å²) in [5.41, 5.74) is 0.218. The van der Waals surface area contributed by atoms with Gasteiger partial charge in [0, 0.05) is 17.7 Å². The molecule has 3 rings (SSSR count). The van der Waals surface area contributed by atoms with E-state index in [4.69, 9.17) is 0 Å². The summed E-state index contributed by atoms with van der Waals surface area (Å²) >= 11 is 1.65. The molecule has 1 aromatic carbocycles. The molecule has 1 aromatic rings. The van der Waals surface area contributed by atoms with Gasteiger partial charge < -0.3 is 10.4 Å². The van der Waals surface area contributed by atoms with Gasteiger partial charge in [-0.3, -0.25) is 4.79 Å². The van der Waals surface area contributed by atoms with Crippen LogP contribution in [0.2, 0.25) is 0 Å². The molecule has 1 amide bonds. The number of carbonyl (C=O) groups excluding carboxylic acids is 1. The first-order valence-electron chi connectivity index (χ1n) is 7.79. The Bertz CT molecular complexity index is 491. The predicted molar refractivity (Wildman–Crippen MR) is 86.5 cm³/mol.